The average molecular weight is 772 g/mol. The number of benzene rings is 4. The molecular weight excluding hydrogens is 710 g/mol. The number of hydrogen-bond acceptors (Lipinski definition) is 6. The lowest BCUT2D eigenvalue weighted by molar-refractivity contribution is -0.137. The number of hydrogen-bond donors (Lipinski definition) is 1. The van der Waals surface area contributed by atoms with Gasteiger partial charge in [0, 0.05) is 61.8 Å². The largest absolute Gasteiger partial charge is 0.416 e. The molecule has 0 saturated carbocycles. The standard InChI is InChI=1S/C41H42F5N3O3S/c1-27-6-15-36-34(22-27)37(50)23-39(53-26-31-4-3-5-35(42)40(31)43)49(36)25-38(51)48(33-16-18-47(19-17-33)20-21-52-2)24-28-7-9-29(10-8-28)30-11-13-32(14-12-30)41(44,45)46/h3-15,22-23,33,37,50H,16-21,24-26H2,1-2H3/i2D3,3D,4D,5D,6D,7D,8D,9D,10D,11D,12D,13D,14D,15D,21D2,22D,23D. The van der Waals surface area contributed by atoms with Crippen molar-refractivity contribution < 1.29 is 64.0 Å². The van der Waals surface area contributed by atoms with Crippen molar-refractivity contribution in [2.75, 3.05) is 44.7 Å². The molecule has 1 fully saturated rings. The van der Waals surface area contributed by atoms with Gasteiger partial charge in [0.1, 0.15) is 12.6 Å². The van der Waals surface area contributed by atoms with E-state index in [1.54, 1.807) is 0 Å². The number of ether oxygens (including phenoxy) is 1. The second-order valence-electron chi connectivity index (χ2n) is 11.8. The first-order valence-corrected chi connectivity index (χ1v) is 16.9. The zero-order chi connectivity index (χ0) is 55.0. The van der Waals surface area contributed by atoms with Gasteiger partial charge in [0.05, 0.1) is 44.6 Å². The molecule has 1 amide bonds. The van der Waals surface area contributed by atoms with E-state index >= 15 is 9.18 Å². The summed E-state index contributed by atoms with van der Waals surface area (Å²) in [6.45, 7) is -4.04. The predicted octanol–water partition coefficient (Wildman–Crippen LogP) is 8.73. The van der Waals surface area contributed by atoms with E-state index in [4.69, 9.17) is 27.4 Å². The van der Waals surface area contributed by atoms with Crippen LogP contribution in [0.4, 0.5) is 27.6 Å². The minimum absolute atomic E-state index is 0.0761. The number of alkyl halides is 3. The number of rotatable bonds is 12. The molecule has 4 aromatic rings. The number of aliphatic hydroxyl groups excluding tert-OH is 1. The highest BCUT2D eigenvalue weighted by molar-refractivity contribution is 8.02. The van der Waals surface area contributed by atoms with Crippen LogP contribution < -0.4 is 4.90 Å². The fourth-order valence-corrected chi connectivity index (χ4v) is 6.64. The van der Waals surface area contributed by atoms with Crippen LogP contribution in [0, 0.1) is 18.6 Å². The molecule has 6 nitrogen and oxygen atoms in total. The van der Waals surface area contributed by atoms with Gasteiger partial charge in [-0.1, -0.05) is 66.0 Å². The fourth-order valence-electron chi connectivity index (χ4n) is 5.66. The van der Waals surface area contributed by atoms with Crippen molar-refractivity contribution in [1.29, 1.82) is 0 Å². The highest BCUT2D eigenvalue weighted by atomic mass is 32.2. The summed E-state index contributed by atoms with van der Waals surface area (Å²) >= 11 is 0.414. The lowest BCUT2D eigenvalue weighted by Crippen LogP contribution is -2.50. The summed E-state index contributed by atoms with van der Waals surface area (Å²) in [5, 5.41) is 11.0. The van der Waals surface area contributed by atoms with Gasteiger partial charge in [-0.05, 0) is 66.7 Å². The molecule has 1 unspecified atom stereocenters. The molecule has 0 radical (unpaired) electrons. The van der Waals surface area contributed by atoms with E-state index in [0.29, 0.717) is 11.8 Å². The third-order valence-electron chi connectivity index (χ3n) is 8.33. The van der Waals surface area contributed by atoms with Crippen molar-refractivity contribution in [2.24, 2.45) is 0 Å². The summed E-state index contributed by atoms with van der Waals surface area (Å²) in [6, 6.07) is -16.5. The Morgan fingerprint density at radius 2 is 1.74 bits per heavy atom. The summed E-state index contributed by atoms with van der Waals surface area (Å²) in [5.41, 5.74) is -6.22. The van der Waals surface area contributed by atoms with Gasteiger partial charge in [0.25, 0.3) is 0 Å². The van der Waals surface area contributed by atoms with Gasteiger partial charge in [-0.2, -0.15) is 13.2 Å². The molecule has 4 aromatic carbocycles. The number of methoxy groups -OCH3 is 1. The summed E-state index contributed by atoms with van der Waals surface area (Å²) in [4.78, 5) is 18.6. The molecule has 0 bridgehead atoms. The SMILES string of the molecule is [2H]C1=C(SCc2c([2H])c([2H])c([2H])c(F)c2F)N(CC(=O)N(Cc2c([2H])c([2H])c(-c3c([2H])c([2H])c(C(F)(F)F)c([2H])c3[2H])c([2H])c2[2H])C2CCN(CC([2H])([2H])OC([2H])([2H])[2H])CC2)c2c([2H])c([2H])c(C)c([2H])c2C1O. The minimum atomic E-state index is -5.37. The normalized spacial score (nSPS) is 22.8. The average Bonchev–Trinajstić information content (AvgIpc) is 3.29. The maximum absolute atomic E-state index is 15.3. The lowest BCUT2D eigenvalue weighted by atomic mass is 9.99. The number of amides is 1. The molecule has 0 spiro atoms. The Hall–Kier alpha value is -4.23. The van der Waals surface area contributed by atoms with Crippen molar-refractivity contribution in [3.05, 3.63) is 135 Å². The van der Waals surface area contributed by atoms with Crippen LogP contribution in [0.3, 0.4) is 0 Å². The summed E-state index contributed by atoms with van der Waals surface area (Å²) in [7, 11) is -3.13. The first kappa shape index (κ1) is 20.5. The fraction of sp³-hybridized carbons (Fsp3) is 0.341. The topological polar surface area (TPSA) is 56.3 Å². The second kappa shape index (κ2) is 16.8. The van der Waals surface area contributed by atoms with E-state index in [2.05, 4.69) is 4.74 Å². The van der Waals surface area contributed by atoms with Gasteiger partial charge >= 0.3 is 6.18 Å². The van der Waals surface area contributed by atoms with E-state index in [1.165, 1.54) is 11.8 Å². The van der Waals surface area contributed by atoms with Crippen LogP contribution in [0.25, 0.3) is 11.1 Å². The van der Waals surface area contributed by atoms with Crippen molar-refractivity contribution in [3.63, 3.8) is 0 Å². The number of piperidine rings is 1. The second-order valence-corrected chi connectivity index (χ2v) is 12.8. The Morgan fingerprint density at radius 1 is 1.04 bits per heavy atom. The van der Waals surface area contributed by atoms with Crippen LogP contribution in [0.2, 0.25) is 0 Å². The van der Waals surface area contributed by atoms with Crippen molar-refractivity contribution in [1.82, 2.24) is 9.80 Å². The van der Waals surface area contributed by atoms with Crippen LogP contribution >= 0.6 is 11.8 Å². The molecule has 2 heterocycles. The summed E-state index contributed by atoms with van der Waals surface area (Å²) < 4.78 is 243. The van der Waals surface area contributed by atoms with Gasteiger partial charge < -0.3 is 24.5 Å². The zero-order valence-corrected chi connectivity index (χ0v) is 28.5. The highest BCUT2D eigenvalue weighted by Crippen LogP contribution is 2.41. The van der Waals surface area contributed by atoms with Gasteiger partial charge in [0.2, 0.25) is 5.91 Å². The highest BCUT2D eigenvalue weighted by Gasteiger charge is 2.33. The zero-order valence-electron chi connectivity index (χ0n) is 47.7. The molecule has 280 valence electrons. The van der Waals surface area contributed by atoms with E-state index in [9.17, 15) is 22.7 Å². The maximum Gasteiger partial charge on any atom is 0.416 e. The van der Waals surface area contributed by atoms with Crippen molar-refractivity contribution >= 4 is 23.4 Å². The number of halogens is 5. The number of thioether (sulfide) groups is 1. The number of likely N-dealkylation sites (tertiary alicyclic amines) is 1. The predicted molar refractivity (Wildman–Crippen MR) is 198 cm³/mol. The molecule has 2 aliphatic heterocycles. The molecular formula is C41H42F5N3O3S. The molecule has 1 N–H and O–H groups in total. The van der Waals surface area contributed by atoms with Crippen LogP contribution in [0.15, 0.2) is 95.7 Å². The van der Waals surface area contributed by atoms with Gasteiger partial charge in [-0.3, -0.25) is 4.79 Å². The Kier molecular flexibility index (Phi) is 6.50. The van der Waals surface area contributed by atoms with E-state index in [-0.39, 0.29) is 31.5 Å². The van der Waals surface area contributed by atoms with E-state index < -0.39 is 210 Å². The Balaban J connectivity index is 1.49. The molecule has 2 aliphatic rings. The smallest absolute Gasteiger partial charge is 0.384 e. The molecule has 6 rings (SSSR count). The number of carbonyl (C=O) groups excluding carboxylic acids is 1. The van der Waals surface area contributed by atoms with Crippen LogP contribution in [0.5, 0.6) is 0 Å². The summed E-state index contributed by atoms with van der Waals surface area (Å²) in [6.07, 6.45) is -7.58. The minimum Gasteiger partial charge on any atom is -0.384 e. The van der Waals surface area contributed by atoms with E-state index in [0.717, 1.165) is 9.80 Å². The third-order valence-corrected chi connectivity index (χ3v) is 9.37. The van der Waals surface area contributed by atoms with Crippen molar-refractivity contribution in [2.45, 2.75) is 50.4 Å². The van der Waals surface area contributed by atoms with Crippen LogP contribution in [-0.4, -0.2) is 66.6 Å². The monoisotopic (exact) mass is 771 g/mol. The van der Waals surface area contributed by atoms with Gasteiger partial charge in [-0.25, -0.2) is 8.78 Å². The molecule has 1 saturated heterocycles. The number of fused-ring (bicyclic) bond motifs is 1. The molecule has 12 heteroatoms. The first-order chi connectivity index (χ1) is 33.6. The summed E-state index contributed by atoms with van der Waals surface area (Å²) in [5.74, 6) is -5.30. The first-order valence-electron chi connectivity index (χ1n) is 25.9. The van der Waals surface area contributed by atoms with Crippen LogP contribution in [-0.2, 0) is 28.0 Å². The van der Waals surface area contributed by atoms with Crippen molar-refractivity contribution in [3.8, 4) is 11.1 Å². The Morgan fingerprint density at radius 3 is 2.42 bits per heavy atom. The Labute approximate surface area is 339 Å². The van der Waals surface area contributed by atoms with Gasteiger partial charge in [0.15, 0.2) is 11.6 Å². The molecule has 0 aliphatic carbocycles. The van der Waals surface area contributed by atoms with Crippen LogP contribution in [0.1, 0.15) is 74.2 Å². The quantitative estimate of drug-likeness (QED) is 0.146. The maximum atomic E-state index is 15.3. The number of aliphatic hydroxyl groups is 1. The third kappa shape index (κ3) is 9.29. The number of carbonyl (C=O) groups is 1. The molecule has 53 heavy (non-hydrogen) atoms. The Bertz CT molecular complexity index is 2870. The van der Waals surface area contributed by atoms with E-state index in [1.807, 2.05) is 0 Å². The molecule has 1 atom stereocenters. The number of anilines is 1. The lowest BCUT2D eigenvalue weighted by Gasteiger charge is -2.40. The molecule has 0 aromatic heterocycles. The number of nitrogens with zero attached hydrogens (tertiary/aromatic N) is 3. The van der Waals surface area contributed by atoms with Gasteiger partial charge in [-0.15, -0.1) is 11.8 Å².